The molecule has 0 radical (unpaired) electrons. The van der Waals surface area contributed by atoms with Crippen molar-refractivity contribution in [1.82, 2.24) is 14.7 Å². The van der Waals surface area contributed by atoms with E-state index in [0.29, 0.717) is 28.1 Å². The zero-order valence-corrected chi connectivity index (χ0v) is 18.4. The van der Waals surface area contributed by atoms with Gasteiger partial charge in [-0.2, -0.15) is 0 Å². The number of aryl methyl sites for hydroxylation is 1. The van der Waals surface area contributed by atoms with Crippen molar-refractivity contribution in [1.29, 1.82) is 0 Å². The first-order valence-corrected chi connectivity index (χ1v) is 11.2. The normalized spacial score (nSPS) is 18.8. The summed E-state index contributed by atoms with van der Waals surface area (Å²) in [5, 5.41) is 8.80. The van der Waals surface area contributed by atoms with Crippen LogP contribution in [0.5, 0.6) is 0 Å². The number of hydrogen-bond donors (Lipinski definition) is 1. The van der Waals surface area contributed by atoms with Gasteiger partial charge in [-0.15, -0.1) is 0 Å². The van der Waals surface area contributed by atoms with Crippen molar-refractivity contribution in [3.05, 3.63) is 63.9 Å². The second kappa shape index (κ2) is 8.39. The molecule has 7 nitrogen and oxygen atoms in total. The van der Waals surface area contributed by atoms with Gasteiger partial charge in [-0.05, 0) is 56.4 Å². The minimum atomic E-state index is -0.111. The molecule has 0 spiro atoms. The first kappa shape index (κ1) is 20.7. The highest BCUT2D eigenvalue weighted by molar-refractivity contribution is 6.37. The van der Waals surface area contributed by atoms with Gasteiger partial charge in [0.2, 0.25) is 5.91 Å². The molecule has 3 aromatic heterocycles. The number of anilines is 1. The summed E-state index contributed by atoms with van der Waals surface area (Å²) in [4.78, 5) is 30.1. The molecule has 5 rings (SSSR count). The molecule has 32 heavy (non-hydrogen) atoms. The van der Waals surface area contributed by atoms with Crippen LogP contribution in [0.25, 0.3) is 21.8 Å². The van der Waals surface area contributed by atoms with Crippen LogP contribution in [0.4, 0.5) is 5.69 Å². The fourth-order valence-electron chi connectivity index (χ4n) is 4.93. The van der Waals surface area contributed by atoms with Crippen LogP contribution >= 0.6 is 11.6 Å². The lowest BCUT2D eigenvalue weighted by atomic mass is 9.83. The van der Waals surface area contributed by atoms with Gasteiger partial charge in [0, 0.05) is 35.9 Å². The quantitative estimate of drug-likeness (QED) is 0.458. The van der Waals surface area contributed by atoms with Gasteiger partial charge in [-0.25, -0.2) is 0 Å². The number of fused-ring (bicyclic) bond motifs is 3. The number of nitrogens with one attached hydrogen (secondary N) is 1. The Balaban J connectivity index is 1.48. The first-order chi connectivity index (χ1) is 15.5. The maximum Gasteiger partial charge on any atom is 0.264 e. The van der Waals surface area contributed by atoms with Gasteiger partial charge < -0.3 is 14.4 Å². The van der Waals surface area contributed by atoms with Crippen LogP contribution in [0.2, 0.25) is 5.02 Å². The molecule has 0 aliphatic heterocycles. The Bertz CT molecular complexity index is 1360. The highest BCUT2D eigenvalue weighted by Crippen LogP contribution is 2.38. The number of rotatable bonds is 4. The van der Waals surface area contributed by atoms with Crippen LogP contribution < -0.4 is 10.9 Å². The van der Waals surface area contributed by atoms with Gasteiger partial charge in [0.1, 0.15) is 16.7 Å². The van der Waals surface area contributed by atoms with Crippen molar-refractivity contribution in [2.24, 2.45) is 5.92 Å². The summed E-state index contributed by atoms with van der Waals surface area (Å²) in [7, 11) is 0. The second-order valence-electron chi connectivity index (χ2n) is 8.45. The Morgan fingerprint density at radius 1 is 1.22 bits per heavy atom. The summed E-state index contributed by atoms with van der Waals surface area (Å²) in [5.41, 5.74) is 1.90. The number of pyridine rings is 2. The van der Waals surface area contributed by atoms with Crippen LogP contribution in [0, 0.1) is 12.8 Å². The zero-order valence-electron chi connectivity index (χ0n) is 17.7. The van der Waals surface area contributed by atoms with E-state index in [4.69, 9.17) is 16.1 Å². The standard InChI is InChI=1S/C24H23ClN4O3/c1-14-21-23(28-32-14)22-18(25)6-3-7-19(22)29(24(21)31)17-5-2-4-15(12-17)13-20(30)27-16-8-10-26-11-9-16/h3,6-11,15,17H,2,4-5,12-13H2,1H3,(H,26,27,30). The molecule has 3 heterocycles. The minimum Gasteiger partial charge on any atom is -0.360 e. The van der Waals surface area contributed by atoms with Gasteiger partial charge in [0.15, 0.2) is 0 Å². The maximum absolute atomic E-state index is 13.5. The number of aromatic nitrogens is 3. The Morgan fingerprint density at radius 3 is 2.84 bits per heavy atom. The Kier molecular flexibility index (Phi) is 5.43. The highest BCUT2D eigenvalue weighted by atomic mass is 35.5. The number of amides is 1. The molecule has 164 valence electrons. The summed E-state index contributed by atoms with van der Waals surface area (Å²) in [5.74, 6) is 0.660. The fourth-order valence-corrected chi connectivity index (χ4v) is 5.19. The molecular weight excluding hydrogens is 428 g/mol. The zero-order chi connectivity index (χ0) is 22.2. The molecule has 1 saturated carbocycles. The summed E-state index contributed by atoms with van der Waals surface area (Å²) < 4.78 is 7.20. The second-order valence-corrected chi connectivity index (χ2v) is 8.85. The van der Waals surface area contributed by atoms with Gasteiger partial charge in [-0.3, -0.25) is 14.6 Å². The molecule has 1 amide bonds. The average molecular weight is 451 g/mol. The molecule has 1 aliphatic carbocycles. The van der Waals surface area contributed by atoms with E-state index >= 15 is 0 Å². The number of carbonyl (C=O) groups is 1. The van der Waals surface area contributed by atoms with E-state index < -0.39 is 0 Å². The predicted molar refractivity (Wildman–Crippen MR) is 124 cm³/mol. The van der Waals surface area contributed by atoms with Crippen LogP contribution in [0.3, 0.4) is 0 Å². The van der Waals surface area contributed by atoms with Gasteiger partial charge in [-0.1, -0.05) is 29.2 Å². The maximum atomic E-state index is 13.5. The van der Waals surface area contributed by atoms with Crippen molar-refractivity contribution in [2.75, 3.05) is 5.32 Å². The number of benzene rings is 1. The van der Waals surface area contributed by atoms with Crippen molar-refractivity contribution < 1.29 is 9.32 Å². The van der Waals surface area contributed by atoms with Gasteiger partial charge in [0.05, 0.1) is 10.5 Å². The summed E-state index contributed by atoms with van der Waals surface area (Å²) >= 11 is 6.53. The molecule has 2 unspecified atom stereocenters. The smallest absolute Gasteiger partial charge is 0.264 e. The third-order valence-corrected chi connectivity index (χ3v) is 6.66. The predicted octanol–water partition coefficient (Wildman–Crippen LogP) is 5.26. The lowest BCUT2D eigenvalue weighted by Gasteiger charge is -2.31. The number of halogens is 1. The molecule has 8 heteroatoms. The molecule has 0 bridgehead atoms. The summed E-state index contributed by atoms with van der Waals surface area (Å²) in [6, 6.07) is 9.08. The lowest BCUT2D eigenvalue weighted by Crippen LogP contribution is -2.30. The van der Waals surface area contributed by atoms with Crippen LogP contribution in [0.1, 0.15) is 43.9 Å². The largest absolute Gasteiger partial charge is 0.360 e. The molecule has 4 aromatic rings. The molecule has 1 fully saturated rings. The Labute approximate surface area is 189 Å². The number of nitrogens with zero attached hydrogens (tertiary/aromatic N) is 3. The van der Waals surface area contributed by atoms with E-state index in [1.807, 2.05) is 16.7 Å². The van der Waals surface area contributed by atoms with Crippen LogP contribution in [-0.4, -0.2) is 20.6 Å². The molecule has 1 N–H and O–H groups in total. The molecular formula is C24H23ClN4O3. The molecule has 1 aliphatic rings. The number of hydrogen-bond acceptors (Lipinski definition) is 5. The van der Waals surface area contributed by atoms with Crippen molar-refractivity contribution in [3.63, 3.8) is 0 Å². The number of carbonyl (C=O) groups excluding carboxylic acids is 1. The SMILES string of the molecule is Cc1onc2c1c(=O)n(C1CCCC(CC(=O)Nc3ccncc3)C1)c1cccc(Cl)c21. The van der Waals surface area contributed by atoms with Crippen LogP contribution in [0.15, 0.2) is 52.0 Å². The Hall–Kier alpha value is -3.19. The van der Waals surface area contributed by atoms with Crippen molar-refractivity contribution >= 4 is 45.0 Å². The minimum absolute atomic E-state index is 0.0189. The van der Waals surface area contributed by atoms with E-state index in [1.165, 1.54) is 0 Å². The van der Waals surface area contributed by atoms with E-state index in [2.05, 4.69) is 15.5 Å². The van der Waals surface area contributed by atoms with E-state index in [-0.39, 0.29) is 23.4 Å². The van der Waals surface area contributed by atoms with Crippen LogP contribution in [-0.2, 0) is 4.79 Å². The Morgan fingerprint density at radius 2 is 2.03 bits per heavy atom. The summed E-state index contributed by atoms with van der Waals surface area (Å²) in [6.07, 6.45) is 7.26. The van der Waals surface area contributed by atoms with Crippen molar-refractivity contribution in [2.45, 2.75) is 45.1 Å². The van der Waals surface area contributed by atoms with Gasteiger partial charge >= 0.3 is 0 Å². The summed E-state index contributed by atoms with van der Waals surface area (Å²) in [6.45, 7) is 1.75. The van der Waals surface area contributed by atoms with E-state index in [9.17, 15) is 9.59 Å². The molecule has 0 saturated heterocycles. The van der Waals surface area contributed by atoms with Crippen molar-refractivity contribution in [3.8, 4) is 0 Å². The first-order valence-electron chi connectivity index (χ1n) is 10.8. The highest BCUT2D eigenvalue weighted by Gasteiger charge is 2.29. The topological polar surface area (TPSA) is 90.0 Å². The third-order valence-electron chi connectivity index (χ3n) is 6.34. The van der Waals surface area contributed by atoms with E-state index in [0.717, 1.165) is 42.3 Å². The molecule has 1 aromatic carbocycles. The monoisotopic (exact) mass is 450 g/mol. The average Bonchev–Trinajstić information content (AvgIpc) is 3.16. The third kappa shape index (κ3) is 3.66. The van der Waals surface area contributed by atoms with Gasteiger partial charge in [0.25, 0.3) is 5.56 Å². The fraction of sp³-hybridized carbons (Fsp3) is 0.333. The molecule has 2 atom stereocenters. The van der Waals surface area contributed by atoms with E-state index in [1.54, 1.807) is 37.5 Å². The lowest BCUT2D eigenvalue weighted by molar-refractivity contribution is -0.117.